The van der Waals surface area contributed by atoms with Crippen molar-refractivity contribution in [1.82, 2.24) is 4.90 Å². The fourth-order valence-electron chi connectivity index (χ4n) is 3.51. The van der Waals surface area contributed by atoms with Crippen LogP contribution in [0.15, 0.2) is 42.5 Å². The zero-order valence-corrected chi connectivity index (χ0v) is 15.6. The van der Waals surface area contributed by atoms with Crippen molar-refractivity contribution in [1.29, 1.82) is 0 Å². The van der Waals surface area contributed by atoms with Crippen LogP contribution in [-0.4, -0.2) is 23.9 Å². The maximum Gasteiger partial charge on any atom is 0.227 e. The van der Waals surface area contributed by atoms with Gasteiger partial charge in [0.05, 0.1) is 0 Å². The second-order valence-corrected chi connectivity index (χ2v) is 7.41. The number of nitrogens with zero attached hydrogens (tertiary/aromatic N) is 1. The van der Waals surface area contributed by atoms with E-state index in [-0.39, 0.29) is 11.8 Å². The summed E-state index contributed by atoms with van der Waals surface area (Å²) in [6.45, 7) is 6.81. The molecule has 0 spiro atoms. The molecule has 25 heavy (non-hydrogen) atoms. The lowest BCUT2D eigenvalue weighted by Crippen LogP contribution is -2.37. The summed E-state index contributed by atoms with van der Waals surface area (Å²) in [5.74, 6) is 0.228. The number of carbonyl (C=O) groups excluding carboxylic acids is 1. The molecule has 2 aromatic rings. The third-order valence-electron chi connectivity index (χ3n) is 4.80. The van der Waals surface area contributed by atoms with E-state index in [0.717, 1.165) is 48.7 Å². The zero-order valence-electron chi connectivity index (χ0n) is 14.9. The Bertz CT molecular complexity index is 731. The van der Waals surface area contributed by atoms with Gasteiger partial charge in [-0.25, -0.2) is 0 Å². The number of rotatable bonds is 4. The molecule has 1 fully saturated rings. The predicted molar refractivity (Wildman–Crippen MR) is 104 cm³/mol. The molecule has 3 nitrogen and oxygen atoms in total. The lowest BCUT2D eigenvalue weighted by atomic mass is 9.95. The normalized spacial score (nSPS) is 16.0. The quantitative estimate of drug-likeness (QED) is 0.852. The molecule has 1 N–H and O–H groups in total. The minimum absolute atomic E-state index is 0.0864. The highest BCUT2D eigenvalue weighted by Crippen LogP contribution is 2.24. The third-order valence-corrected chi connectivity index (χ3v) is 5.17. The van der Waals surface area contributed by atoms with Gasteiger partial charge in [-0.3, -0.25) is 9.69 Å². The highest BCUT2D eigenvalue weighted by atomic mass is 35.5. The molecule has 1 heterocycles. The van der Waals surface area contributed by atoms with Gasteiger partial charge in [0.25, 0.3) is 0 Å². The minimum Gasteiger partial charge on any atom is -0.326 e. The van der Waals surface area contributed by atoms with Gasteiger partial charge >= 0.3 is 0 Å². The summed E-state index contributed by atoms with van der Waals surface area (Å²) in [7, 11) is 0. The number of likely N-dealkylation sites (tertiary alicyclic amines) is 1. The Balaban J connectivity index is 1.53. The number of nitrogens with one attached hydrogen (secondary N) is 1. The predicted octanol–water partition coefficient (Wildman–Crippen LogP) is 4.81. The zero-order chi connectivity index (χ0) is 17.8. The molecule has 1 aliphatic heterocycles. The van der Waals surface area contributed by atoms with Crippen molar-refractivity contribution in [2.45, 2.75) is 33.2 Å². The van der Waals surface area contributed by atoms with Crippen molar-refractivity contribution in [3.8, 4) is 0 Å². The van der Waals surface area contributed by atoms with Crippen molar-refractivity contribution in [2.75, 3.05) is 18.4 Å². The van der Waals surface area contributed by atoms with E-state index in [1.54, 1.807) is 0 Å². The number of piperidine rings is 1. The van der Waals surface area contributed by atoms with Crippen molar-refractivity contribution in [3.63, 3.8) is 0 Å². The maximum absolute atomic E-state index is 12.6. The van der Waals surface area contributed by atoms with Gasteiger partial charge in [-0.1, -0.05) is 35.9 Å². The van der Waals surface area contributed by atoms with Gasteiger partial charge in [0, 0.05) is 23.2 Å². The van der Waals surface area contributed by atoms with E-state index >= 15 is 0 Å². The van der Waals surface area contributed by atoms with E-state index in [4.69, 9.17) is 11.6 Å². The van der Waals surface area contributed by atoms with E-state index in [9.17, 15) is 4.79 Å². The molecule has 1 aliphatic rings. The topological polar surface area (TPSA) is 32.3 Å². The Hall–Kier alpha value is -1.84. The first-order valence-electron chi connectivity index (χ1n) is 8.86. The minimum atomic E-state index is 0.0864. The first kappa shape index (κ1) is 18.0. The van der Waals surface area contributed by atoms with Gasteiger partial charge in [0.1, 0.15) is 0 Å². The summed E-state index contributed by atoms with van der Waals surface area (Å²) in [5.41, 5.74) is 4.40. The number of hydrogen-bond acceptors (Lipinski definition) is 2. The Morgan fingerprint density at radius 1 is 1.12 bits per heavy atom. The van der Waals surface area contributed by atoms with E-state index in [1.807, 2.05) is 30.3 Å². The first-order valence-corrected chi connectivity index (χ1v) is 9.24. The number of anilines is 1. The fraction of sp³-hybridized carbons (Fsp3) is 0.381. The molecule has 0 bridgehead atoms. The largest absolute Gasteiger partial charge is 0.326 e. The molecule has 0 atom stereocenters. The van der Waals surface area contributed by atoms with Crippen molar-refractivity contribution >= 4 is 23.2 Å². The van der Waals surface area contributed by atoms with E-state index in [1.165, 1.54) is 11.1 Å². The van der Waals surface area contributed by atoms with Crippen molar-refractivity contribution in [2.24, 2.45) is 5.92 Å². The van der Waals surface area contributed by atoms with E-state index in [2.05, 4.69) is 36.2 Å². The Morgan fingerprint density at radius 2 is 1.76 bits per heavy atom. The van der Waals surface area contributed by atoms with Crippen LogP contribution in [-0.2, 0) is 11.3 Å². The molecule has 3 rings (SSSR count). The highest BCUT2D eigenvalue weighted by molar-refractivity contribution is 6.31. The molecular weight excluding hydrogens is 332 g/mol. The second-order valence-electron chi connectivity index (χ2n) is 7.01. The Labute approximate surface area is 155 Å². The van der Waals surface area contributed by atoms with Crippen LogP contribution < -0.4 is 5.32 Å². The lowest BCUT2D eigenvalue weighted by Gasteiger charge is -2.31. The molecule has 0 aromatic heterocycles. The first-order chi connectivity index (χ1) is 12.0. The number of amides is 1. The average Bonchev–Trinajstić information content (AvgIpc) is 2.56. The van der Waals surface area contributed by atoms with Crippen LogP contribution in [0.5, 0.6) is 0 Å². The molecule has 1 amide bonds. The molecule has 2 aromatic carbocycles. The van der Waals surface area contributed by atoms with E-state index < -0.39 is 0 Å². The summed E-state index contributed by atoms with van der Waals surface area (Å²) in [6.07, 6.45) is 1.78. The fourth-order valence-corrected chi connectivity index (χ4v) is 3.71. The molecular formula is C21H25ClN2O. The molecule has 0 aliphatic carbocycles. The highest BCUT2D eigenvalue weighted by Gasteiger charge is 2.25. The van der Waals surface area contributed by atoms with Crippen LogP contribution in [0.1, 0.15) is 29.5 Å². The molecule has 132 valence electrons. The maximum atomic E-state index is 12.6. The van der Waals surface area contributed by atoms with Crippen LogP contribution >= 0.6 is 11.6 Å². The van der Waals surface area contributed by atoms with Crippen LogP contribution in [0.3, 0.4) is 0 Å². The van der Waals surface area contributed by atoms with Crippen LogP contribution in [0.2, 0.25) is 5.02 Å². The van der Waals surface area contributed by atoms with Crippen LogP contribution in [0.25, 0.3) is 0 Å². The standard InChI is InChI=1S/C21H25ClN2O/c1-15-11-16(2)13-19(12-15)23-21(25)17-7-9-24(10-8-17)14-18-5-3-4-6-20(18)22/h3-6,11-13,17H,7-10,14H2,1-2H3,(H,23,25). The Kier molecular flexibility index (Phi) is 5.77. The smallest absolute Gasteiger partial charge is 0.227 e. The number of benzene rings is 2. The second kappa shape index (κ2) is 8.03. The monoisotopic (exact) mass is 356 g/mol. The van der Waals surface area contributed by atoms with Crippen molar-refractivity contribution < 1.29 is 4.79 Å². The summed E-state index contributed by atoms with van der Waals surface area (Å²) in [4.78, 5) is 14.9. The summed E-state index contributed by atoms with van der Waals surface area (Å²) in [5, 5.41) is 3.91. The molecule has 0 unspecified atom stereocenters. The van der Waals surface area contributed by atoms with E-state index in [0.29, 0.717) is 0 Å². The number of aryl methyl sites for hydroxylation is 2. The van der Waals surface area contributed by atoms with Gasteiger partial charge < -0.3 is 5.32 Å². The third kappa shape index (κ3) is 4.83. The van der Waals surface area contributed by atoms with Crippen molar-refractivity contribution in [3.05, 3.63) is 64.2 Å². The van der Waals surface area contributed by atoms with Gasteiger partial charge in [-0.15, -0.1) is 0 Å². The summed E-state index contributed by atoms with van der Waals surface area (Å²) in [6, 6.07) is 14.1. The molecule has 4 heteroatoms. The molecule has 0 saturated carbocycles. The summed E-state index contributed by atoms with van der Waals surface area (Å²) >= 11 is 6.25. The summed E-state index contributed by atoms with van der Waals surface area (Å²) < 4.78 is 0. The number of carbonyl (C=O) groups is 1. The SMILES string of the molecule is Cc1cc(C)cc(NC(=O)C2CCN(Cc3ccccc3Cl)CC2)c1. The number of hydrogen-bond donors (Lipinski definition) is 1. The van der Waals surface area contributed by atoms with Crippen LogP contribution in [0.4, 0.5) is 5.69 Å². The van der Waals surface area contributed by atoms with Gasteiger partial charge in [-0.05, 0) is 74.7 Å². The van der Waals surface area contributed by atoms with Gasteiger partial charge in [0.15, 0.2) is 0 Å². The average molecular weight is 357 g/mol. The Morgan fingerprint density at radius 3 is 2.40 bits per heavy atom. The lowest BCUT2D eigenvalue weighted by molar-refractivity contribution is -0.121. The molecule has 1 saturated heterocycles. The van der Waals surface area contributed by atoms with Gasteiger partial charge in [0.2, 0.25) is 5.91 Å². The van der Waals surface area contributed by atoms with Gasteiger partial charge in [-0.2, -0.15) is 0 Å². The molecule has 0 radical (unpaired) electrons. The number of halogens is 1. The van der Waals surface area contributed by atoms with Crippen LogP contribution in [0, 0.1) is 19.8 Å².